The normalized spacial score (nSPS) is 19.8. The van der Waals surface area contributed by atoms with Gasteiger partial charge in [-0.3, -0.25) is 4.79 Å². The molecule has 1 aliphatic carbocycles. The highest BCUT2D eigenvalue weighted by Crippen LogP contribution is 2.36. The predicted molar refractivity (Wildman–Crippen MR) is 71.1 cm³/mol. The number of hydrogen-bond donors (Lipinski definition) is 2. The van der Waals surface area contributed by atoms with E-state index in [-0.39, 0.29) is 22.9 Å². The average molecular weight is 351 g/mol. The smallest absolute Gasteiger partial charge is 0.321 e. The molecule has 0 saturated heterocycles. The Kier molecular flexibility index (Phi) is 4.52. The third-order valence-electron chi connectivity index (χ3n) is 2.95. The summed E-state index contributed by atoms with van der Waals surface area (Å²) in [4.78, 5) is 10.8. The minimum Gasteiger partial charge on any atom is -0.480 e. The van der Waals surface area contributed by atoms with Crippen molar-refractivity contribution in [1.82, 2.24) is 0 Å². The lowest BCUT2D eigenvalue weighted by atomic mass is 9.94. The van der Waals surface area contributed by atoms with E-state index in [4.69, 9.17) is 10.8 Å². The number of aliphatic carboxylic acids is 1. The Labute approximate surface area is 113 Å². The number of benzene rings is 1. The second-order valence-corrected chi connectivity index (χ2v) is 4.77. The molecule has 0 bridgehead atoms. The summed E-state index contributed by atoms with van der Waals surface area (Å²) in [5.41, 5.74) is 7.98. The molecule has 2 rings (SSSR count). The molecule has 5 heteroatoms. The minimum atomic E-state index is -0.923. The van der Waals surface area contributed by atoms with Gasteiger partial charge in [-0.1, -0.05) is 22.0 Å². The number of halogens is 2. The lowest BCUT2D eigenvalue weighted by Gasteiger charge is -2.16. The Balaban J connectivity index is 0.00000128. The molecule has 3 nitrogen and oxygen atoms in total. The first-order valence-corrected chi connectivity index (χ1v) is 5.65. The largest absolute Gasteiger partial charge is 0.480 e. The molecule has 0 heterocycles. The van der Waals surface area contributed by atoms with Gasteiger partial charge in [0, 0.05) is 10.4 Å². The fraction of sp³-hybridized carbons (Fsp3) is 0.364. The standard InChI is InChI=1S/C11H12BrNO2.BrH/c12-7-3-1-6-2-4-8(9(6)5-7)10(13)11(14)15;/h1,3,5,8,10H,2,4,13H2,(H,14,15);1H/t8-,10?;/m1./s1. The van der Waals surface area contributed by atoms with Crippen molar-refractivity contribution in [2.45, 2.75) is 24.8 Å². The Morgan fingerprint density at radius 3 is 2.88 bits per heavy atom. The molecule has 0 aliphatic heterocycles. The van der Waals surface area contributed by atoms with Gasteiger partial charge in [0.25, 0.3) is 0 Å². The average Bonchev–Trinajstić information content (AvgIpc) is 2.59. The zero-order valence-corrected chi connectivity index (χ0v) is 11.8. The van der Waals surface area contributed by atoms with E-state index in [0.29, 0.717) is 0 Å². The summed E-state index contributed by atoms with van der Waals surface area (Å²) >= 11 is 3.39. The fourth-order valence-corrected chi connectivity index (χ4v) is 2.53. The summed E-state index contributed by atoms with van der Waals surface area (Å²) in [6.07, 6.45) is 1.76. The molecule has 1 aliphatic rings. The van der Waals surface area contributed by atoms with E-state index in [1.807, 2.05) is 18.2 Å². The summed E-state index contributed by atoms with van der Waals surface area (Å²) in [5.74, 6) is -0.970. The highest BCUT2D eigenvalue weighted by atomic mass is 79.9. The molecule has 0 fully saturated rings. The fourth-order valence-electron chi connectivity index (χ4n) is 2.15. The van der Waals surface area contributed by atoms with Crippen LogP contribution in [-0.4, -0.2) is 17.1 Å². The van der Waals surface area contributed by atoms with Crippen LogP contribution in [0.25, 0.3) is 0 Å². The van der Waals surface area contributed by atoms with Gasteiger partial charge in [0.1, 0.15) is 6.04 Å². The summed E-state index contributed by atoms with van der Waals surface area (Å²) in [6, 6.07) is 5.21. The van der Waals surface area contributed by atoms with E-state index < -0.39 is 12.0 Å². The molecule has 1 unspecified atom stereocenters. The molecule has 0 aromatic heterocycles. The molecule has 88 valence electrons. The molecule has 0 spiro atoms. The van der Waals surface area contributed by atoms with Crippen molar-refractivity contribution in [1.29, 1.82) is 0 Å². The van der Waals surface area contributed by atoms with Crippen LogP contribution < -0.4 is 5.73 Å². The van der Waals surface area contributed by atoms with Crippen LogP contribution in [0, 0.1) is 0 Å². The summed E-state index contributed by atoms with van der Waals surface area (Å²) in [6.45, 7) is 0. The van der Waals surface area contributed by atoms with Gasteiger partial charge in [-0.15, -0.1) is 17.0 Å². The molecule has 0 radical (unpaired) electrons. The first-order chi connectivity index (χ1) is 7.09. The number of hydrogen-bond acceptors (Lipinski definition) is 2. The summed E-state index contributed by atoms with van der Waals surface area (Å²) in [5, 5.41) is 8.90. The van der Waals surface area contributed by atoms with Gasteiger partial charge in [-0.05, 0) is 36.1 Å². The number of carboxylic acids is 1. The van der Waals surface area contributed by atoms with Crippen LogP contribution in [0.1, 0.15) is 23.5 Å². The maximum Gasteiger partial charge on any atom is 0.321 e. The number of carboxylic acid groups (broad SMARTS) is 1. The van der Waals surface area contributed by atoms with Crippen LogP contribution >= 0.6 is 32.9 Å². The van der Waals surface area contributed by atoms with Gasteiger partial charge >= 0.3 is 5.97 Å². The van der Waals surface area contributed by atoms with E-state index in [1.165, 1.54) is 5.56 Å². The number of aryl methyl sites for hydroxylation is 1. The van der Waals surface area contributed by atoms with E-state index in [2.05, 4.69) is 15.9 Å². The van der Waals surface area contributed by atoms with Crippen molar-refractivity contribution in [3.05, 3.63) is 33.8 Å². The number of rotatable bonds is 2. The number of fused-ring (bicyclic) bond motifs is 1. The summed E-state index contributed by atoms with van der Waals surface area (Å²) in [7, 11) is 0. The van der Waals surface area contributed by atoms with Crippen LogP contribution in [0.5, 0.6) is 0 Å². The molecule has 3 N–H and O–H groups in total. The van der Waals surface area contributed by atoms with Crippen molar-refractivity contribution in [2.75, 3.05) is 0 Å². The SMILES string of the molecule is Br.NC(C(=O)O)[C@@H]1CCc2ccc(Br)cc21. The van der Waals surface area contributed by atoms with Crippen molar-refractivity contribution in [2.24, 2.45) is 5.73 Å². The molecule has 0 saturated carbocycles. The van der Waals surface area contributed by atoms with Gasteiger partial charge in [0.15, 0.2) is 0 Å². The quantitative estimate of drug-likeness (QED) is 0.861. The first kappa shape index (κ1) is 13.7. The number of nitrogens with two attached hydrogens (primary N) is 1. The minimum absolute atomic E-state index is 0. The van der Waals surface area contributed by atoms with Crippen molar-refractivity contribution in [3.63, 3.8) is 0 Å². The van der Waals surface area contributed by atoms with Gasteiger partial charge < -0.3 is 10.8 Å². The van der Waals surface area contributed by atoms with Crippen LogP contribution in [0.15, 0.2) is 22.7 Å². The molecular weight excluding hydrogens is 338 g/mol. The second-order valence-electron chi connectivity index (χ2n) is 3.85. The zero-order valence-electron chi connectivity index (χ0n) is 8.52. The van der Waals surface area contributed by atoms with Crippen LogP contribution in [0.4, 0.5) is 0 Å². The van der Waals surface area contributed by atoms with Crippen LogP contribution in [0.2, 0.25) is 0 Å². The van der Waals surface area contributed by atoms with Gasteiger partial charge in [0.2, 0.25) is 0 Å². The van der Waals surface area contributed by atoms with Gasteiger partial charge in [-0.2, -0.15) is 0 Å². The molecule has 0 amide bonds. The molecule has 2 atom stereocenters. The molecule has 16 heavy (non-hydrogen) atoms. The van der Waals surface area contributed by atoms with Crippen molar-refractivity contribution in [3.8, 4) is 0 Å². The Morgan fingerprint density at radius 1 is 1.56 bits per heavy atom. The van der Waals surface area contributed by atoms with Crippen molar-refractivity contribution < 1.29 is 9.90 Å². The third kappa shape index (κ3) is 2.47. The Bertz CT molecular complexity index is 409. The molecule has 1 aromatic carbocycles. The van der Waals surface area contributed by atoms with Gasteiger partial charge in [0.05, 0.1) is 0 Å². The first-order valence-electron chi connectivity index (χ1n) is 4.86. The highest BCUT2D eigenvalue weighted by Gasteiger charge is 2.31. The van der Waals surface area contributed by atoms with E-state index in [0.717, 1.165) is 22.9 Å². The van der Waals surface area contributed by atoms with Crippen LogP contribution in [0.3, 0.4) is 0 Å². The lowest BCUT2D eigenvalue weighted by Crippen LogP contribution is -2.35. The third-order valence-corrected chi connectivity index (χ3v) is 3.44. The van der Waals surface area contributed by atoms with Crippen LogP contribution in [-0.2, 0) is 11.2 Å². The maximum absolute atomic E-state index is 10.8. The predicted octanol–water partition coefficient (Wildman–Crippen LogP) is 2.47. The second kappa shape index (κ2) is 5.29. The highest BCUT2D eigenvalue weighted by molar-refractivity contribution is 9.10. The van der Waals surface area contributed by atoms with E-state index in [9.17, 15) is 4.79 Å². The number of carbonyl (C=O) groups is 1. The summed E-state index contributed by atoms with van der Waals surface area (Å²) < 4.78 is 0.978. The molecular formula is C11H13Br2NO2. The molecule has 1 aromatic rings. The van der Waals surface area contributed by atoms with Gasteiger partial charge in [-0.25, -0.2) is 0 Å². The topological polar surface area (TPSA) is 63.3 Å². The van der Waals surface area contributed by atoms with E-state index >= 15 is 0 Å². The lowest BCUT2D eigenvalue weighted by molar-refractivity contribution is -0.139. The zero-order chi connectivity index (χ0) is 11.0. The monoisotopic (exact) mass is 349 g/mol. The Morgan fingerprint density at radius 2 is 2.25 bits per heavy atom. The van der Waals surface area contributed by atoms with Crippen molar-refractivity contribution >= 4 is 38.9 Å². The Hall–Kier alpha value is -0.390. The van der Waals surface area contributed by atoms with E-state index in [1.54, 1.807) is 0 Å². The maximum atomic E-state index is 10.8.